The molecule has 82 valence electrons. The summed E-state index contributed by atoms with van der Waals surface area (Å²) in [6.07, 6.45) is 3.48. The first-order valence-electron chi connectivity index (χ1n) is 4.94. The van der Waals surface area contributed by atoms with Crippen molar-refractivity contribution in [3.8, 4) is 16.9 Å². The quantitative estimate of drug-likeness (QED) is 0.832. The Hall–Kier alpha value is -2.10. The first kappa shape index (κ1) is 10.4. The van der Waals surface area contributed by atoms with E-state index in [-0.39, 0.29) is 0 Å². The fraction of sp³-hybridized carbons (Fsp3) is 0.167. The summed E-state index contributed by atoms with van der Waals surface area (Å²) in [5, 5.41) is 0. The molecule has 0 saturated carbocycles. The topological polar surface area (TPSA) is 61.0 Å². The van der Waals surface area contributed by atoms with Crippen LogP contribution >= 0.6 is 0 Å². The Morgan fingerprint density at radius 3 is 2.62 bits per heavy atom. The molecule has 0 aromatic carbocycles. The van der Waals surface area contributed by atoms with Gasteiger partial charge in [-0.1, -0.05) is 0 Å². The van der Waals surface area contributed by atoms with E-state index in [2.05, 4.69) is 9.97 Å². The highest BCUT2D eigenvalue weighted by atomic mass is 16.5. The van der Waals surface area contributed by atoms with Gasteiger partial charge in [0.2, 0.25) is 0 Å². The van der Waals surface area contributed by atoms with Gasteiger partial charge >= 0.3 is 0 Å². The molecule has 0 aliphatic rings. The molecule has 16 heavy (non-hydrogen) atoms. The van der Waals surface area contributed by atoms with Crippen molar-refractivity contribution in [2.45, 2.75) is 6.92 Å². The van der Waals surface area contributed by atoms with Crippen molar-refractivity contribution in [2.75, 3.05) is 12.8 Å². The van der Waals surface area contributed by atoms with Crippen molar-refractivity contribution >= 4 is 5.82 Å². The summed E-state index contributed by atoms with van der Waals surface area (Å²) in [4.78, 5) is 8.25. The van der Waals surface area contributed by atoms with Gasteiger partial charge in [-0.05, 0) is 25.1 Å². The molecule has 0 aliphatic heterocycles. The summed E-state index contributed by atoms with van der Waals surface area (Å²) in [5.74, 6) is 1.28. The number of nitrogens with zero attached hydrogens (tertiary/aromatic N) is 2. The third-order valence-corrected chi connectivity index (χ3v) is 2.38. The van der Waals surface area contributed by atoms with Gasteiger partial charge < -0.3 is 10.5 Å². The third-order valence-electron chi connectivity index (χ3n) is 2.38. The molecule has 4 heteroatoms. The van der Waals surface area contributed by atoms with Gasteiger partial charge in [0.05, 0.1) is 12.8 Å². The molecule has 4 nitrogen and oxygen atoms in total. The normalized spacial score (nSPS) is 10.1. The zero-order valence-electron chi connectivity index (χ0n) is 9.27. The number of methoxy groups -OCH3 is 1. The molecule has 2 N–H and O–H groups in total. The van der Waals surface area contributed by atoms with E-state index in [1.807, 2.05) is 19.1 Å². The number of nitrogens with two attached hydrogens (primary N) is 1. The van der Waals surface area contributed by atoms with Gasteiger partial charge in [-0.15, -0.1) is 0 Å². The average molecular weight is 215 g/mol. The first-order valence-corrected chi connectivity index (χ1v) is 4.94. The standard InChI is InChI=1S/C12H13N3O/c1-8-12(16-2)10(5-6-14-8)9-3-4-11(13)15-7-9/h3-7H,1-2H3,(H2,13,15). The molecule has 0 amide bonds. The van der Waals surface area contributed by atoms with Crippen LogP contribution in [0, 0.1) is 6.92 Å². The molecule has 0 atom stereocenters. The maximum atomic E-state index is 5.55. The van der Waals surface area contributed by atoms with Gasteiger partial charge in [0.1, 0.15) is 11.6 Å². The van der Waals surface area contributed by atoms with E-state index in [1.165, 1.54) is 0 Å². The zero-order chi connectivity index (χ0) is 11.5. The second kappa shape index (κ2) is 4.18. The minimum absolute atomic E-state index is 0.508. The lowest BCUT2D eigenvalue weighted by Crippen LogP contribution is -1.95. The molecule has 0 aliphatic carbocycles. The Balaban J connectivity index is 2.55. The van der Waals surface area contributed by atoms with E-state index in [0.717, 1.165) is 22.6 Å². The number of hydrogen-bond donors (Lipinski definition) is 1. The van der Waals surface area contributed by atoms with Crippen LogP contribution in [-0.4, -0.2) is 17.1 Å². The van der Waals surface area contributed by atoms with Crippen molar-refractivity contribution in [1.29, 1.82) is 0 Å². The van der Waals surface area contributed by atoms with Crippen LogP contribution in [0.2, 0.25) is 0 Å². The molecule has 2 aromatic rings. The van der Waals surface area contributed by atoms with Crippen LogP contribution in [0.1, 0.15) is 5.69 Å². The van der Waals surface area contributed by atoms with Crippen molar-refractivity contribution in [3.05, 3.63) is 36.3 Å². The number of aryl methyl sites for hydroxylation is 1. The van der Waals surface area contributed by atoms with E-state index in [9.17, 15) is 0 Å². The smallest absolute Gasteiger partial charge is 0.147 e. The number of aromatic nitrogens is 2. The number of rotatable bonds is 2. The van der Waals surface area contributed by atoms with E-state index in [0.29, 0.717) is 5.82 Å². The van der Waals surface area contributed by atoms with E-state index in [4.69, 9.17) is 10.5 Å². The molecule has 0 radical (unpaired) electrons. The van der Waals surface area contributed by atoms with Crippen LogP contribution < -0.4 is 10.5 Å². The summed E-state index contributed by atoms with van der Waals surface area (Å²) in [5.41, 5.74) is 8.35. The largest absolute Gasteiger partial charge is 0.494 e. The molecule has 0 bridgehead atoms. The number of hydrogen-bond acceptors (Lipinski definition) is 4. The minimum Gasteiger partial charge on any atom is -0.494 e. The molecule has 2 aromatic heterocycles. The second-order valence-electron chi connectivity index (χ2n) is 3.45. The first-order chi connectivity index (χ1) is 7.72. The van der Waals surface area contributed by atoms with Crippen LogP contribution in [0.15, 0.2) is 30.6 Å². The van der Waals surface area contributed by atoms with Crippen molar-refractivity contribution in [2.24, 2.45) is 0 Å². The van der Waals surface area contributed by atoms with Crippen LogP contribution in [0.4, 0.5) is 5.82 Å². The van der Waals surface area contributed by atoms with Crippen molar-refractivity contribution in [3.63, 3.8) is 0 Å². The highest BCUT2D eigenvalue weighted by molar-refractivity contribution is 5.70. The molecule has 2 rings (SSSR count). The Labute approximate surface area is 94.1 Å². The molecule has 0 unspecified atom stereocenters. The number of nitrogen functional groups attached to an aromatic ring is 1. The van der Waals surface area contributed by atoms with Gasteiger partial charge in [0.15, 0.2) is 0 Å². The Morgan fingerprint density at radius 1 is 1.19 bits per heavy atom. The lowest BCUT2D eigenvalue weighted by atomic mass is 10.1. The second-order valence-corrected chi connectivity index (χ2v) is 3.45. The van der Waals surface area contributed by atoms with Gasteiger partial charge in [-0.2, -0.15) is 0 Å². The predicted octanol–water partition coefficient (Wildman–Crippen LogP) is 2.04. The molecular formula is C12H13N3O. The van der Waals surface area contributed by atoms with Crippen molar-refractivity contribution in [1.82, 2.24) is 9.97 Å². The number of pyridine rings is 2. The van der Waals surface area contributed by atoms with Crippen LogP contribution in [0.3, 0.4) is 0 Å². The van der Waals surface area contributed by atoms with Gasteiger partial charge in [-0.3, -0.25) is 4.98 Å². The monoisotopic (exact) mass is 215 g/mol. The lowest BCUT2D eigenvalue weighted by Gasteiger charge is -2.10. The highest BCUT2D eigenvalue weighted by Gasteiger charge is 2.08. The lowest BCUT2D eigenvalue weighted by molar-refractivity contribution is 0.411. The summed E-state index contributed by atoms with van der Waals surface area (Å²) in [6, 6.07) is 5.59. The highest BCUT2D eigenvalue weighted by Crippen LogP contribution is 2.30. The van der Waals surface area contributed by atoms with Crippen LogP contribution in [0.5, 0.6) is 5.75 Å². The summed E-state index contributed by atoms with van der Waals surface area (Å²) in [7, 11) is 1.64. The molecule has 0 spiro atoms. The number of anilines is 1. The maximum absolute atomic E-state index is 5.55. The summed E-state index contributed by atoms with van der Waals surface area (Å²) in [6.45, 7) is 1.91. The van der Waals surface area contributed by atoms with Gasteiger partial charge in [0.25, 0.3) is 0 Å². The van der Waals surface area contributed by atoms with Gasteiger partial charge in [0, 0.05) is 23.5 Å². The summed E-state index contributed by atoms with van der Waals surface area (Å²) >= 11 is 0. The minimum atomic E-state index is 0.508. The average Bonchev–Trinajstić information content (AvgIpc) is 2.30. The summed E-state index contributed by atoms with van der Waals surface area (Å²) < 4.78 is 5.34. The Morgan fingerprint density at radius 2 is 2.00 bits per heavy atom. The zero-order valence-corrected chi connectivity index (χ0v) is 9.27. The molecule has 2 heterocycles. The van der Waals surface area contributed by atoms with Crippen LogP contribution in [-0.2, 0) is 0 Å². The number of ether oxygens (including phenoxy) is 1. The van der Waals surface area contributed by atoms with E-state index >= 15 is 0 Å². The Bertz CT molecular complexity index is 494. The molecule has 0 saturated heterocycles. The third kappa shape index (κ3) is 1.82. The van der Waals surface area contributed by atoms with Gasteiger partial charge in [-0.25, -0.2) is 4.98 Å². The SMILES string of the molecule is COc1c(-c2ccc(N)nc2)ccnc1C. The van der Waals surface area contributed by atoms with E-state index < -0.39 is 0 Å². The Kier molecular flexibility index (Phi) is 2.72. The molecule has 0 fully saturated rings. The van der Waals surface area contributed by atoms with Crippen molar-refractivity contribution < 1.29 is 4.74 Å². The van der Waals surface area contributed by atoms with E-state index in [1.54, 1.807) is 25.6 Å². The fourth-order valence-corrected chi connectivity index (χ4v) is 1.60. The molecular weight excluding hydrogens is 202 g/mol. The predicted molar refractivity (Wildman–Crippen MR) is 63.2 cm³/mol. The van der Waals surface area contributed by atoms with Crippen LogP contribution in [0.25, 0.3) is 11.1 Å². The maximum Gasteiger partial charge on any atom is 0.147 e. The fourth-order valence-electron chi connectivity index (χ4n) is 1.60.